The molecule has 0 atom stereocenters. The molecule has 7 heteroatoms. The van der Waals surface area contributed by atoms with Crippen molar-refractivity contribution in [3.8, 4) is 0 Å². The summed E-state index contributed by atoms with van der Waals surface area (Å²) in [7, 11) is 1.79. The molecule has 0 saturated carbocycles. The lowest BCUT2D eigenvalue weighted by atomic mass is 9.88. The Morgan fingerprint density at radius 3 is 2.35 bits per heavy atom. The maximum atomic E-state index is 13.3. The highest BCUT2D eigenvalue weighted by Crippen LogP contribution is 2.30. The molecule has 2 aliphatic rings. The van der Waals surface area contributed by atoms with Crippen LogP contribution in [-0.2, 0) is 0 Å². The highest BCUT2D eigenvalue weighted by Gasteiger charge is 2.26. The standard InChI is InChI=1S/C41H56N6O/c1-6-20-45(21-7-2)30-33-15-24-47(25-16-33)41(48)36-10-8-34(9-11-36)35-17-22-46(23-18-35)29-31(3)26-32(4)39(14-19-42-5)37-12-13-40-38(27-37)28-43-44-40/h8-14,19,26-28,33,35H,4,6-7,15-18,20-25,29-30H2,1-3,5H3,(H,43,44)/b31-26+,39-14+,42-19?. The van der Waals surface area contributed by atoms with Gasteiger partial charge in [0.15, 0.2) is 0 Å². The van der Waals surface area contributed by atoms with Crippen LogP contribution in [0.25, 0.3) is 16.5 Å². The predicted octanol–water partition coefficient (Wildman–Crippen LogP) is 8.00. The third-order valence-electron chi connectivity index (χ3n) is 10.1. The summed E-state index contributed by atoms with van der Waals surface area (Å²) in [5.41, 5.74) is 7.66. The van der Waals surface area contributed by atoms with Crippen LogP contribution in [0.3, 0.4) is 0 Å². The maximum absolute atomic E-state index is 13.3. The van der Waals surface area contributed by atoms with Crippen molar-refractivity contribution >= 4 is 28.6 Å². The first-order valence-electron chi connectivity index (χ1n) is 18.1. The van der Waals surface area contributed by atoms with Crippen LogP contribution in [0.1, 0.15) is 86.7 Å². The Labute approximate surface area is 288 Å². The average Bonchev–Trinajstić information content (AvgIpc) is 3.57. The van der Waals surface area contributed by atoms with Gasteiger partial charge in [-0.3, -0.25) is 19.8 Å². The highest BCUT2D eigenvalue weighted by molar-refractivity contribution is 5.95. The van der Waals surface area contributed by atoms with Crippen molar-refractivity contribution < 1.29 is 4.79 Å². The lowest BCUT2D eigenvalue weighted by Crippen LogP contribution is -2.42. The Kier molecular flexibility index (Phi) is 13.0. The van der Waals surface area contributed by atoms with E-state index in [0.717, 1.165) is 91.6 Å². The number of aliphatic imine (C=N–C) groups is 1. The van der Waals surface area contributed by atoms with Crippen LogP contribution in [0.2, 0.25) is 0 Å². The van der Waals surface area contributed by atoms with Crippen molar-refractivity contribution in [2.75, 3.05) is 59.4 Å². The van der Waals surface area contributed by atoms with Gasteiger partial charge >= 0.3 is 0 Å². The van der Waals surface area contributed by atoms with Gasteiger partial charge in [0.25, 0.3) is 5.91 Å². The molecule has 7 nitrogen and oxygen atoms in total. The summed E-state index contributed by atoms with van der Waals surface area (Å²) in [5.74, 6) is 1.44. The zero-order valence-corrected chi connectivity index (χ0v) is 29.8. The number of hydrogen-bond donors (Lipinski definition) is 1. The first kappa shape index (κ1) is 35.5. The quantitative estimate of drug-likeness (QED) is 0.142. The molecule has 256 valence electrons. The zero-order chi connectivity index (χ0) is 33.9. The van der Waals surface area contributed by atoms with Gasteiger partial charge in [-0.1, -0.05) is 50.3 Å². The Hall–Kier alpha value is -3.81. The molecule has 0 unspecified atom stereocenters. The number of nitrogens with zero attached hydrogens (tertiary/aromatic N) is 5. The number of nitrogens with one attached hydrogen (secondary N) is 1. The summed E-state index contributed by atoms with van der Waals surface area (Å²) in [6.45, 7) is 19.5. The van der Waals surface area contributed by atoms with Gasteiger partial charge in [-0.15, -0.1) is 0 Å². The molecule has 2 saturated heterocycles. The van der Waals surface area contributed by atoms with E-state index in [1.165, 1.54) is 43.6 Å². The largest absolute Gasteiger partial charge is 0.339 e. The number of hydrogen-bond acceptors (Lipinski definition) is 5. The van der Waals surface area contributed by atoms with Crippen LogP contribution >= 0.6 is 0 Å². The highest BCUT2D eigenvalue weighted by atomic mass is 16.2. The van der Waals surface area contributed by atoms with E-state index in [2.05, 4.69) is 106 Å². The van der Waals surface area contributed by atoms with Crippen LogP contribution < -0.4 is 0 Å². The van der Waals surface area contributed by atoms with Gasteiger partial charge in [0.05, 0.1) is 11.7 Å². The molecule has 1 amide bonds. The Bertz CT molecular complexity index is 1580. The molecule has 3 aromatic rings. The van der Waals surface area contributed by atoms with Gasteiger partial charge in [-0.25, -0.2) is 0 Å². The van der Waals surface area contributed by atoms with E-state index >= 15 is 0 Å². The van der Waals surface area contributed by atoms with Crippen molar-refractivity contribution in [1.82, 2.24) is 24.9 Å². The van der Waals surface area contributed by atoms with Crippen molar-refractivity contribution in [3.63, 3.8) is 0 Å². The van der Waals surface area contributed by atoms with E-state index in [1.54, 1.807) is 7.05 Å². The fourth-order valence-electron chi connectivity index (χ4n) is 7.54. The van der Waals surface area contributed by atoms with Gasteiger partial charge in [-0.2, -0.15) is 5.10 Å². The van der Waals surface area contributed by atoms with Gasteiger partial charge in [0.2, 0.25) is 0 Å². The molecule has 3 heterocycles. The van der Waals surface area contributed by atoms with E-state index in [1.807, 2.05) is 18.5 Å². The number of H-pyrrole nitrogens is 1. The molecule has 2 aromatic carbocycles. The van der Waals surface area contributed by atoms with E-state index < -0.39 is 0 Å². The number of allylic oxidation sites excluding steroid dienone is 4. The Morgan fingerprint density at radius 1 is 1.00 bits per heavy atom. The summed E-state index contributed by atoms with van der Waals surface area (Å²) >= 11 is 0. The van der Waals surface area contributed by atoms with Gasteiger partial charge in [0.1, 0.15) is 0 Å². The number of aromatic amines is 1. The number of benzene rings is 2. The van der Waals surface area contributed by atoms with E-state index in [0.29, 0.717) is 11.8 Å². The van der Waals surface area contributed by atoms with Gasteiger partial charge in [0, 0.05) is 50.4 Å². The number of carbonyl (C=O) groups excluding carboxylic acids is 1. The second-order valence-corrected chi connectivity index (χ2v) is 13.9. The number of rotatable bonds is 14. The minimum atomic E-state index is 0.194. The minimum absolute atomic E-state index is 0.194. The molecule has 1 aromatic heterocycles. The van der Waals surface area contributed by atoms with Gasteiger partial charge in [-0.05, 0) is 136 Å². The molecular formula is C41H56N6O. The number of aromatic nitrogens is 2. The lowest BCUT2D eigenvalue weighted by Gasteiger charge is -2.35. The van der Waals surface area contributed by atoms with Crippen LogP contribution in [0.4, 0.5) is 0 Å². The number of piperidine rings is 2. The van der Waals surface area contributed by atoms with Crippen molar-refractivity contribution in [2.45, 2.75) is 65.2 Å². The van der Waals surface area contributed by atoms with Crippen LogP contribution in [-0.4, -0.2) is 96.4 Å². The Balaban J connectivity index is 1.10. The van der Waals surface area contributed by atoms with Crippen molar-refractivity contribution in [1.29, 1.82) is 0 Å². The third-order valence-corrected chi connectivity index (χ3v) is 10.1. The Morgan fingerprint density at radius 2 is 1.69 bits per heavy atom. The molecule has 0 radical (unpaired) electrons. The second-order valence-electron chi connectivity index (χ2n) is 13.9. The lowest BCUT2D eigenvalue weighted by molar-refractivity contribution is 0.0667. The van der Waals surface area contributed by atoms with Crippen LogP contribution in [0.5, 0.6) is 0 Å². The van der Waals surface area contributed by atoms with Crippen molar-refractivity contribution in [2.24, 2.45) is 10.9 Å². The third kappa shape index (κ3) is 9.42. The monoisotopic (exact) mass is 648 g/mol. The average molecular weight is 649 g/mol. The summed E-state index contributed by atoms with van der Waals surface area (Å²) in [4.78, 5) is 24.8. The molecule has 2 aliphatic heterocycles. The molecule has 0 aliphatic carbocycles. The minimum Gasteiger partial charge on any atom is -0.339 e. The maximum Gasteiger partial charge on any atom is 0.253 e. The zero-order valence-electron chi connectivity index (χ0n) is 29.8. The predicted molar refractivity (Wildman–Crippen MR) is 202 cm³/mol. The molecule has 48 heavy (non-hydrogen) atoms. The number of amides is 1. The molecule has 1 N–H and O–H groups in total. The van der Waals surface area contributed by atoms with E-state index in [-0.39, 0.29) is 5.91 Å². The fraction of sp³-hybridized carbons (Fsp3) is 0.488. The van der Waals surface area contributed by atoms with Crippen molar-refractivity contribution in [3.05, 3.63) is 95.2 Å². The molecule has 2 fully saturated rings. The molecule has 5 rings (SSSR count). The van der Waals surface area contributed by atoms with E-state index in [9.17, 15) is 4.79 Å². The second kappa shape index (κ2) is 17.5. The summed E-state index contributed by atoms with van der Waals surface area (Å²) < 4.78 is 0. The van der Waals surface area contributed by atoms with E-state index in [4.69, 9.17) is 0 Å². The SMILES string of the molecule is C=C(/C=C(\C)CN1CCC(c2ccc(C(=O)N3CCC(CN(CCC)CCC)CC3)cc2)CC1)/C(=C\C=NC)c1ccc2[nH]ncc2c1. The van der Waals surface area contributed by atoms with Crippen LogP contribution in [0, 0.1) is 5.92 Å². The number of fused-ring (bicyclic) bond motifs is 1. The first-order chi connectivity index (χ1) is 23.4. The summed E-state index contributed by atoms with van der Waals surface area (Å²) in [6.07, 6.45) is 14.8. The first-order valence-corrected chi connectivity index (χ1v) is 18.1. The molecular weight excluding hydrogens is 592 g/mol. The normalized spacial score (nSPS) is 17.6. The summed E-state index contributed by atoms with van der Waals surface area (Å²) in [6, 6.07) is 14.9. The summed E-state index contributed by atoms with van der Waals surface area (Å²) in [5, 5.41) is 8.27. The van der Waals surface area contributed by atoms with Crippen LogP contribution in [0.15, 0.2) is 83.5 Å². The number of likely N-dealkylation sites (tertiary alicyclic amines) is 2. The molecule has 0 spiro atoms. The smallest absolute Gasteiger partial charge is 0.253 e. The fourth-order valence-corrected chi connectivity index (χ4v) is 7.54. The topological polar surface area (TPSA) is 67.8 Å². The number of carbonyl (C=O) groups is 1. The van der Waals surface area contributed by atoms with Gasteiger partial charge < -0.3 is 9.80 Å². The molecule has 0 bridgehead atoms.